The molecule has 6 heteroatoms. The van der Waals surface area contributed by atoms with Gasteiger partial charge in [0.05, 0.1) is 0 Å². The van der Waals surface area contributed by atoms with Gasteiger partial charge in [-0.3, -0.25) is 14.4 Å². The molecular weight excluding hydrogens is 865 g/mol. The van der Waals surface area contributed by atoms with E-state index in [0.29, 0.717) is 19.3 Å². The summed E-state index contributed by atoms with van der Waals surface area (Å²) in [5, 5.41) is 0. The van der Waals surface area contributed by atoms with Crippen molar-refractivity contribution in [3.05, 3.63) is 0 Å². The van der Waals surface area contributed by atoms with Crippen LogP contribution < -0.4 is 0 Å². The quantitative estimate of drug-likeness (QED) is 0.0343. The number of hydrogen-bond acceptors (Lipinski definition) is 6. The topological polar surface area (TPSA) is 78.9 Å². The first-order valence-corrected chi connectivity index (χ1v) is 32.0. The summed E-state index contributed by atoms with van der Waals surface area (Å²) in [6.07, 6.45) is 69.0. The summed E-state index contributed by atoms with van der Waals surface area (Å²) in [6, 6.07) is 0. The van der Waals surface area contributed by atoms with Crippen LogP contribution in [0.3, 0.4) is 0 Å². The maximum atomic E-state index is 12.7. The van der Waals surface area contributed by atoms with Gasteiger partial charge in [0.15, 0.2) is 6.10 Å². The van der Waals surface area contributed by atoms with Crippen LogP contribution in [0.5, 0.6) is 0 Å². The van der Waals surface area contributed by atoms with Gasteiger partial charge < -0.3 is 14.2 Å². The Morgan fingerprint density at radius 2 is 0.386 bits per heavy atom. The lowest BCUT2D eigenvalue weighted by Crippen LogP contribution is -2.30. The molecule has 0 N–H and O–H groups in total. The van der Waals surface area contributed by atoms with Crippen molar-refractivity contribution in [3.63, 3.8) is 0 Å². The number of ether oxygens (including phenoxy) is 3. The van der Waals surface area contributed by atoms with E-state index in [4.69, 9.17) is 14.2 Å². The van der Waals surface area contributed by atoms with Crippen molar-refractivity contribution in [2.75, 3.05) is 13.2 Å². The van der Waals surface area contributed by atoms with E-state index in [1.165, 1.54) is 276 Å². The summed E-state index contributed by atoms with van der Waals surface area (Å²) >= 11 is 0. The molecule has 1 unspecified atom stereocenters. The highest BCUT2D eigenvalue weighted by Gasteiger charge is 2.19. The van der Waals surface area contributed by atoms with Crippen LogP contribution in [0.2, 0.25) is 0 Å². The number of carbonyl (C=O) groups is 3. The van der Waals surface area contributed by atoms with Gasteiger partial charge in [0, 0.05) is 19.3 Å². The van der Waals surface area contributed by atoms with Crippen LogP contribution in [-0.4, -0.2) is 37.2 Å². The highest BCUT2D eigenvalue weighted by Crippen LogP contribution is 2.19. The van der Waals surface area contributed by atoms with Crippen molar-refractivity contribution in [1.29, 1.82) is 0 Å². The zero-order chi connectivity index (χ0) is 50.7. The molecule has 0 aliphatic heterocycles. The molecule has 0 heterocycles. The van der Waals surface area contributed by atoms with Crippen LogP contribution in [0.1, 0.15) is 374 Å². The minimum Gasteiger partial charge on any atom is -0.462 e. The lowest BCUT2D eigenvalue weighted by molar-refractivity contribution is -0.167. The van der Waals surface area contributed by atoms with Crippen LogP contribution in [-0.2, 0) is 28.6 Å². The molecule has 0 radical (unpaired) electrons. The average molecular weight is 990 g/mol. The predicted octanol–water partition coefficient (Wildman–Crippen LogP) is 21.5. The van der Waals surface area contributed by atoms with Crippen molar-refractivity contribution in [1.82, 2.24) is 0 Å². The van der Waals surface area contributed by atoms with E-state index in [1.807, 2.05) is 0 Å². The molecule has 0 aliphatic carbocycles. The van der Waals surface area contributed by atoms with Crippen molar-refractivity contribution in [3.8, 4) is 0 Å². The molecule has 0 saturated carbocycles. The van der Waals surface area contributed by atoms with Crippen LogP contribution in [0, 0.1) is 0 Å². The molecule has 1 atom stereocenters. The van der Waals surface area contributed by atoms with Crippen molar-refractivity contribution in [2.24, 2.45) is 0 Å². The third-order valence-electron chi connectivity index (χ3n) is 14.9. The molecule has 70 heavy (non-hydrogen) atoms. The van der Waals surface area contributed by atoms with Gasteiger partial charge in [-0.05, 0) is 19.3 Å². The summed E-state index contributed by atoms with van der Waals surface area (Å²) in [5.74, 6) is -0.848. The summed E-state index contributed by atoms with van der Waals surface area (Å²) in [5.41, 5.74) is 0. The fourth-order valence-corrected chi connectivity index (χ4v) is 10.0. The minimum absolute atomic E-state index is 0.0625. The van der Waals surface area contributed by atoms with E-state index in [-0.39, 0.29) is 31.1 Å². The molecule has 0 amide bonds. The monoisotopic (exact) mass is 989 g/mol. The Bertz CT molecular complexity index is 1040. The second-order valence-corrected chi connectivity index (χ2v) is 22.1. The highest BCUT2D eigenvalue weighted by atomic mass is 16.6. The van der Waals surface area contributed by atoms with Gasteiger partial charge in [-0.25, -0.2) is 0 Å². The molecule has 0 aromatic carbocycles. The molecule has 0 bridgehead atoms. The molecule has 0 rings (SSSR count). The molecule has 0 fully saturated rings. The second kappa shape index (κ2) is 60.0. The largest absolute Gasteiger partial charge is 0.462 e. The van der Waals surface area contributed by atoms with Gasteiger partial charge in [-0.2, -0.15) is 0 Å². The number of carbonyl (C=O) groups excluding carboxylic acids is 3. The fourth-order valence-electron chi connectivity index (χ4n) is 10.0. The number of esters is 3. The fraction of sp³-hybridized carbons (Fsp3) is 0.953. The summed E-state index contributed by atoms with van der Waals surface area (Å²) in [4.78, 5) is 37.8. The second-order valence-electron chi connectivity index (χ2n) is 22.1. The van der Waals surface area contributed by atoms with Gasteiger partial charge in [0.1, 0.15) is 13.2 Å². The zero-order valence-electron chi connectivity index (χ0n) is 47.8. The van der Waals surface area contributed by atoms with Crippen LogP contribution in [0.4, 0.5) is 0 Å². The van der Waals surface area contributed by atoms with Gasteiger partial charge >= 0.3 is 17.9 Å². The molecule has 0 aromatic rings. The van der Waals surface area contributed by atoms with E-state index in [2.05, 4.69) is 20.8 Å². The maximum Gasteiger partial charge on any atom is 0.306 e. The van der Waals surface area contributed by atoms with Crippen molar-refractivity contribution in [2.45, 2.75) is 380 Å². The minimum atomic E-state index is -0.759. The van der Waals surface area contributed by atoms with E-state index in [9.17, 15) is 14.4 Å². The van der Waals surface area contributed by atoms with E-state index in [0.717, 1.165) is 57.8 Å². The Hall–Kier alpha value is -1.59. The highest BCUT2D eigenvalue weighted by molar-refractivity contribution is 5.71. The molecular formula is C64H124O6. The molecule has 0 aromatic heterocycles. The summed E-state index contributed by atoms with van der Waals surface area (Å²) in [7, 11) is 0. The van der Waals surface area contributed by atoms with Gasteiger partial charge in [-0.15, -0.1) is 0 Å². The molecule has 6 nitrogen and oxygen atoms in total. The Kier molecular flexibility index (Phi) is 58.6. The van der Waals surface area contributed by atoms with Gasteiger partial charge in [0.2, 0.25) is 0 Å². The standard InChI is InChI=1S/C64H124O6/c1-4-7-10-13-16-18-20-21-22-23-24-25-26-27-28-29-30-31-32-33-34-35-36-37-38-39-40-41-42-43-44-46-48-51-54-57-63(66)69-60-61(59-68-62(65)56-53-50-47-15-12-9-6-3)70-64(67)58-55-52-49-45-19-17-14-11-8-5-2/h61H,4-60H2,1-3H3. The van der Waals surface area contributed by atoms with Crippen LogP contribution >= 0.6 is 0 Å². The molecule has 416 valence electrons. The molecule has 0 spiro atoms. The Morgan fingerprint density at radius 1 is 0.229 bits per heavy atom. The first kappa shape index (κ1) is 68.4. The first-order valence-electron chi connectivity index (χ1n) is 32.0. The normalized spacial score (nSPS) is 11.9. The lowest BCUT2D eigenvalue weighted by Gasteiger charge is -2.18. The van der Waals surface area contributed by atoms with E-state index >= 15 is 0 Å². The Balaban J connectivity index is 3.79. The molecule has 0 saturated heterocycles. The third kappa shape index (κ3) is 57.3. The number of hydrogen-bond donors (Lipinski definition) is 0. The van der Waals surface area contributed by atoms with Gasteiger partial charge in [0.25, 0.3) is 0 Å². The SMILES string of the molecule is CCCCCCCCCCCCCCCCCCCCCCCCCCCCCCCCCCCCCC(=O)OCC(COC(=O)CCCCCCCCC)OC(=O)CCCCCCCCCCCC. The summed E-state index contributed by atoms with van der Waals surface area (Å²) < 4.78 is 16.8. The first-order chi connectivity index (χ1) is 34.5. The smallest absolute Gasteiger partial charge is 0.306 e. The van der Waals surface area contributed by atoms with Crippen LogP contribution in [0.15, 0.2) is 0 Å². The third-order valence-corrected chi connectivity index (χ3v) is 14.9. The van der Waals surface area contributed by atoms with E-state index < -0.39 is 6.10 Å². The van der Waals surface area contributed by atoms with Gasteiger partial charge in [-0.1, -0.05) is 335 Å². The lowest BCUT2D eigenvalue weighted by atomic mass is 10.0. The zero-order valence-corrected chi connectivity index (χ0v) is 47.8. The number of rotatable bonds is 60. The van der Waals surface area contributed by atoms with Crippen molar-refractivity contribution < 1.29 is 28.6 Å². The van der Waals surface area contributed by atoms with E-state index in [1.54, 1.807) is 0 Å². The summed E-state index contributed by atoms with van der Waals surface area (Å²) in [6.45, 7) is 6.64. The Labute approximate surface area is 438 Å². The molecule has 0 aliphatic rings. The predicted molar refractivity (Wildman–Crippen MR) is 303 cm³/mol. The average Bonchev–Trinajstić information content (AvgIpc) is 3.36. The Morgan fingerprint density at radius 3 is 0.571 bits per heavy atom. The maximum absolute atomic E-state index is 12.7. The number of unbranched alkanes of at least 4 members (excludes halogenated alkanes) is 49. The van der Waals surface area contributed by atoms with Crippen LogP contribution in [0.25, 0.3) is 0 Å². The van der Waals surface area contributed by atoms with Crippen molar-refractivity contribution >= 4 is 17.9 Å².